The Labute approximate surface area is 99.1 Å². The monoisotopic (exact) mass is 233 g/mol. The first-order chi connectivity index (χ1) is 7.81. The minimum Gasteiger partial charge on any atom is -0.298 e. The molecular weight excluding hydrogens is 218 g/mol. The van der Waals surface area contributed by atoms with Crippen molar-refractivity contribution < 1.29 is 0 Å². The molecule has 0 aromatic carbocycles. The van der Waals surface area contributed by atoms with E-state index in [1.54, 1.807) is 11.3 Å². The Balaban J connectivity index is 1.86. The van der Waals surface area contributed by atoms with Gasteiger partial charge >= 0.3 is 0 Å². The second-order valence-corrected chi connectivity index (χ2v) is 5.58. The molecule has 0 spiro atoms. The van der Waals surface area contributed by atoms with Crippen molar-refractivity contribution in [3.8, 4) is 0 Å². The third-order valence-corrected chi connectivity index (χ3v) is 3.93. The van der Waals surface area contributed by atoms with E-state index >= 15 is 0 Å². The van der Waals surface area contributed by atoms with Crippen molar-refractivity contribution in [3.63, 3.8) is 0 Å². The summed E-state index contributed by atoms with van der Waals surface area (Å²) in [6.07, 6.45) is 2.66. The number of thiazole rings is 1. The zero-order valence-electron chi connectivity index (χ0n) is 9.44. The molecular formula is C12H15N3S. The lowest BCUT2D eigenvalue weighted by molar-refractivity contribution is 0.327. The van der Waals surface area contributed by atoms with Crippen molar-refractivity contribution in [1.29, 1.82) is 0 Å². The Kier molecular flexibility index (Phi) is 2.61. The van der Waals surface area contributed by atoms with Gasteiger partial charge in [-0.3, -0.25) is 4.90 Å². The van der Waals surface area contributed by atoms with Gasteiger partial charge in [-0.1, -0.05) is 0 Å². The van der Waals surface area contributed by atoms with Gasteiger partial charge in [-0.2, -0.15) is 0 Å². The standard InChI is InChI=1S/C12H15N3S/c1-9-13-12-11(16-9)5-4-10(14-12)8-15-6-2-3-7-15/h4-5H,2-3,6-8H2,1H3. The fraction of sp³-hybridized carbons (Fsp3) is 0.500. The van der Waals surface area contributed by atoms with E-state index in [0.29, 0.717) is 0 Å². The highest BCUT2D eigenvalue weighted by molar-refractivity contribution is 7.18. The van der Waals surface area contributed by atoms with Crippen molar-refractivity contribution in [3.05, 3.63) is 22.8 Å². The van der Waals surface area contributed by atoms with Gasteiger partial charge in [-0.15, -0.1) is 11.3 Å². The predicted octanol–water partition coefficient (Wildman–Crippen LogP) is 2.60. The summed E-state index contributed by atoms with van der Waals surface area (Å²) >= 11 is 1.72. The van der Waals surface area contributed by atoms with Gasteiger partial charge in [0.15, 0.2) is 5.65 Å². The number of aryl methyl sites for hydroxylation is 1. The van der Waals surface area contributed by atoms with Gasteiger partial charge < -0.3 is 0 Å². The minimum absolute atomic E-state index is 0.916. The molecule has 3 nitrogen and oxygen atoms in total. The number of fused-ring (bicyclic) bond motifs is 1. The Bertz CT molecular complexity index is 500. The number of likely N-dealkylation sites (tertiary alicyclic amines) is 1. The van der Waals surface area contributed by atoms with Crippen LogP contribution in [0.2, 0.25) is 0 Å². The fourth-order valence-electron chi connectivity index (χ4n) is 2.22. The van der Waals surface area contributed by atoms with Gasteiger partial charge in [-0.25, -0.2) is 9.97 Å². The smallest absolute Gasteiger partial charge is 0.170 e. The van der Waals surface area contributed by atoms with Crippen LogP contribution in [0.25, 0.3) is 10.3 Å². The number of rotatable bonds is 2. The molecule has 0 unspecified atom stereocenters. The zero-order valence-corrected chi connectivity index (χ0v) is 10.3. The maximum absolute atomic E-state index is 4.62. The Hall–Kier alpha value is -1.00. The van der Waals surface area contributed by atoms with Crippen LogP contribution in [0.15, 0.2) is 12.1 Å². The summed E-state index contributed by atoms with van der Waals surface area (Å²) in [4.78, 5) is 11.5. The number of hydrogen-bond donors (Lipinski definition) is 0. The first kappa shape index (κ1) is 10.2. The van der Waals surface area contributed by atoms with Gasteiger partial charge in [0.2, 0.25) is 0 Å². The summed E-state index contributed by atoms with van der Waals surface area (Å²) in [6, 6.07) is 4.29. The van der Waals surface area contributed by atoms with E-state index < -0.39 is 0 Å². The number of aromatic nitrogens is 2. The maximum Gasteiger partial charge on any atom is 0.170 e. The summed E-state index contributed by atoms with van der Waals surface area (Å²) in [5.41, 5.74) is 2.07. The Morgan fingerprint density at radius 3 is 2.88 bits per heavy atom. The SMILES string of the molecule is Cc1nc2nc(CN3CCCC3)ccc2s1. The third kappa shape index (κ3) is 1.95. The average molecular weight is 233 g/mol. The largest absolute Gasteiger partial charge is 0.298 e. The van der Waals surface area contributed by atoms with E-state index in [1.165, 1.54) is 30.6 Å². The van der Waals surface area contributed by atoms with E-state index in [2.05, 4.69) is 27.0 Å². The molecule has 84 valence electrons. The Morgan fingerprint density at radius 2 is 2.06 bits per heavy atom. The normalized spacial score (nSPS) is 17.3. The summed E-state index contributed by atoms with van der Waals surface area (Å²) in [5, 5.41) is 1.10. The Morgan fingerprint density at radius 1 is 1.25 bits per heavy atom. The molecule has 2 aromatic heterocycles. The van der Waals surface area contributed by atoms with Crippen LogP contribution in [0.3, 0.4) is 0 Å². The quantitative estimate of drug-likeness (QED) is 0.798. The fourth-order valence-corrected chi connectivity index (χ4v) is 2.99. The number of hydrogen-bond acceptors (Lipinski definition) is 4. The van der Waals surface area contributed by atoms with Gasteiger partial charge in [0.05, 0.1) is 15.4 Å². The third-order valence-electron chi connectivity index (χ3n) is 3.00. The van der Waals surface area contributed by atoms with Crippen LogP contribution in [-0.4, -0.2) is 28.0 Å². The lowest BCUT2D eigenvalue weighted by Gasteiger charge is -2.13. The molecule has 16 heavy (non-hydrogen) atoms. The first-order valence-corrected chi connectivity index (χ1v) is 6.58. The molecule has 1 aliphatic heterocycles. The first-order valence-electron chi connectivity index (χ1n) is 5.77. The predicted molar refractivity (Wildman–Crippen MR) is 66.7 cm³/mol. The molecule has 4 heteroatoms. The molecule has 1 fully saturated rings. The van der Waals surface area contributed by atoms with Crippen LogP contribution in [-0.2, 0) is 6.54 Å². The molecule has 0 saturated carbocycles. The molecule has 2 aromatic rings. The lowest BCUT2D eigenvalue weighted by Crippen LogP contribution is -2.18. The van der Waals surface area contributed by atoms with E-state index in [0.717, 1.165) is 22.9 Å². The summed E-state index contributed by atoms with van der Waals surface area (Å²) in [5.74, 6) is 0. The number of nitrogens with zero attached hydrogens (tertiary/aromatic N) is 3. The second kappa shape index (κ2) is 4.11. The van der Waals surface area contributed by atoms with Crippen molar-refractivity contribution in [1.82, 2.24) is 14.9 Å². The van der Waals surface area contributed by atoms with E-state index in [-0.39, 0.29) is 0 Å². The van der Waals surface area contributed by atoms with Crippen molar-refractivity contribution in [2.24, 2.45) is 0 Å². The van der Waals surface area contributed by atoms with Crippen LogP contribution >= 0.6 is 11.3 Å². The van der Waals surface area contributed by atoms with Crippen molar-refractivity contribution in [2.75, 3.05) is 13.1 Å². The molecule has 0 N–H and O–H groups in total. The molecule has 0 radical (unpaired) electrons. The zero-order chi connectivity index (χ0) is 11.0. The van der Waals surface area contributed by atoms with Crippen molar-refractivity contribution in [2.45, 2.75) is 26.3 Å². The average Bonchev–Trinajstić information content (AvgIpc) is 2.85. The van der Waals surface area contributed by atoms with E-state index in [4.69, 9.17) is 0 Å². The highest BCUT2D eigenvalue weighted by Gasteiger charge is 2.13. The molecule has 3 heterocycles. The molecule has 0 bridgehead atoms. The van der Waals surface area contributed by atoms with E-state index in [9.17, 15) is 0 Å². The molecule has 0 amide bonds. The molecule has 0 atom stereocenters. The maximum atomic E-state index is 4.62. The van der Waals surface area contributed by atoms with Gasteiger partial charge in [0, 0.05) is 6.54 Å². The summed E-state index contributed by atoms with van der Waals surface area (Å²) < 4.78 is 1.20. The highest BCUT2D eigenvalue weighted by Crippen LogP contribution is 2.20. The second-order valence-electron chi connectivity index (χ2n) is 4.34. The molecule has 0 aliphatic carbocycles. The van der Waals surface area contributed by atoms with Crippen molar-refractivity contribution >= 4 is 21.7 Å². The van der Waals surface area contributed by atoms with E-state index in [1.807, 2.05) is 6.92 Å². The molecule has 3 rings (SSSR count). The summed E-state index contributed by atoms with van der Waals surface area (Å²) in [7, 11) is 0. The molecule has 1 aliphatic rings. The van der Waals surface area contributed by atoms with Crippen LogP contribution < -0.4 is 0 Å². The number of pyridine rings is 1. The van der Waals surface area contributed by atoms with Crippen LogP contribution in [0.5, 0.6) is 0 Å². The minimum atomic E-state index is 0.916. The van der Waals surface area contributed by atoms with Gasteiger partial charge in [0.1, 0.15) is 0 Å². The van der Waals surface area contributed by atoms with Gasteiger partial charge in [-0.05, 0) is 45.0 Å². The highest BCUT2D eigenvalue weighted by atomic mass is 32.1. The molecule has 1 saturated heterocycles. The van der Waals surface area contributed by atoms with Crippen LogP contribution in [0, 0.1) is 6.92 Å². The van der Waals surface area contributed by atoms with Crippen LogP contribution in [0.1, 0.15) is 23.5 Å². The van der Waals surface area contributed by atoms with Crippen LogP contribution in [0.4, 0.5) is 0 Å². The lowest BCUT2D eigenvalue weighted by atomic mass is 10.3. The van der Waals surface area contributed by atoms with Gasteiger partial charge in [0.25, 0.3) is 0 Å². The topological polar surface area (TPSA) is 29.0 Å². The summed E-state index contributed by atoms with van der Waals surface area (Å²) in [6.45, 7) is 5.45.